The summed E-state index contributed by atoms with van der Waals surface area (Å²) in [5.74, 6) is 6.59. The Labute approximate surface area is 101 Å². The van der Waals surface area contributed by atoms with Crippen molar-refractivity contribution in [3.05, 3.63) is 0 Å². The summed E-state index contributed by atoms with van der Waals surface area (Å²) in [6.45, 7) is 4.95. The van der Waals surface area contributed by atoms with Gasteiger partial charge in [0.15, 0.2) is 0 Å². The summed E-state index contributed by atoms with van der Waals surface area (Å²) in [4.78, 5) is 0. The van der Waals surface area contributed by atoms with E-state index < -0.39 is 0 Å². The molecule has 3 saturated carbocycles. The summed E-state index contributed by atoms with van der Waals surface area (Å²) >= 11 is 0. The first kappa shape index (κ1) is 11.1. The minimum atomic E-state index is 1.03. The normalized spacial score (nSPS) is 52.9. The van der Waals surface area contributed by atoms with Gasteiger partial charge in [-0.25, -0.2) is 0 Å². The Bertz CT molecular complexity index is 218. The Balaban J connectivity index is 1.71. The Morgan fingerprint density at radius 2 is 1.00 bits per heavy atom. The predicted molar refractivity (Wildman–Crippen MR) is 69.2 cm³/mol. The molecule has 0 aromatic rings. The van der Waals surface area contributed by atoms with E-state index in [2.05, 4.69) is 13.8 Å². The average Bonchev–Trinajstić information content (AvgIpc) is 2.28. The molecule has 3 fully saturated rings. The summed E-state index contributed by atoms with van der Waals surface area (Å²) in [7, 11) is 0. The molecule has 92 valence electrons. The highest BCUT2D eigenvalue weighted by Crippen LogP contribution is 2.53. The Kier molecular flexibility index (Phi) is 3.02. The van der Waals surface area contributed by atoms with E-state index in [9.17, 15) is 0 Å². The standard InChI is InChI=1S/C16H28/c1-11-3-7-15-13(9-11)5-6-14-10-12(2)4-8-16(14)15/h11-16H,3-10H2,1-2H3. The summed E-state index contributed by atoms with van der Waals surface area (Å²) < 4.78 is 0. The quantitative estimate of drug-likeness (QED) is 0.545. The molecule has 0 aromatic carbocycles. The minimum absolute atomic E-state index is 1.03. The van der Waals surface area contributed by atoms with Gasteiger partial charge in [0.1, 0.15) is 0 Å². The predicted octanol–water partition coefficient (Wildman–Crippen LogP) is 4.89. The molecule has 3 aliphatic rings. The van der Waals surface area contributed by atoms with Crippen LogP contribution in [0.3, 0.4) is 0 Å². The molecule has 0 N–H and O–H groups in total. The Hall–Kier alpha value is 0. The van der Waals surface area contributed by atoms with Crippen molar-refractivity contribution in [2.45, 2.75) is 65.2 Å². The lowest BCUT2D eigenvalue weighted by atomic mass is 9.55. The third kappa shape index (κ3) is 1.93. The second-order valence-electron chi connectivity index (χ2n) is 7.26. The molecule has 0 bridgehead atoms. The monoisotopic (exact) mass is 220 g/mol. The summed E-state index contributed by atoms with van der Waals surface area (Å²) in [6.07, 6.45) is 12.5. The molecular weight excluding hydrogens is 192 g/mol. The number of hydrogen-bond donors (Lipinski definition) is 0. The van der Waals surface area contributed by atoms with Crippen LogP contribution in [0.4, 0.5) is 0 Å². The van der Waals surface area contributed by atoms with Crippen LogP contribution in [-0.4, -0.2) is 0 Å². The van der Waals surface area contributed by atoms with Gasteiger partial charge in [0, 0.05) is 0 Å². The van der Waals surface area contributed by atoms with Crippen molar-refractivity contribution in [2.24, 2.45) is 35.5 Å². The summed E-state index contributed by atoms with van der Waals surface area (Å²) in [6, 6.07) is 0. The molecule has 3 rings (SSSR count). The third-order valence-electron chi connectivity index (χ3n) is 6.07. The van der Waals surface area contributed by atoms with Crippen LogP contribution in [0.15, 0.2) is 0 Å². The zero-order valence-electron chi connectivity index (χ0n) is 11.1. The van der Waals surface area contributed by atoms with Gasteiger partial charge in [-0.2, -0.15) is 0 Å². The number of fused-ring (bicyclic) bond motifs is 3. The average molecular weight is 220 g/mol. The maximum atomic E-state index is 2.48. The molecule has 0 saturated heterocycles. The zero-order chi connectivity index (χ0) is 11.1. The lowest BCUT2D eigenvalue weighted by molar-refractivity contribution is 0.00266. The molecular formula is C16H28. The van der Waals surface area contributed by atoms with E-state index in [1.54, 1.807) is 38.5 Å². The van der Waals surface area contributed by atoms with Crippen LogP contribution in [0.25, 0.3) is 0 Å². The molecule has 0 nitrogen and oxygen atoms in total. The minimum Gasteiger partial charge on any atom is -0.0625 e. The molecule has 0 heteroatoms. The summed E-state index contributed by atoms with van der Waals surface area (Å²) in [5.41, 5.74) is 0. The van der Waals surface area contributed by atoms with Gasteiger partial charge in [0.2, 0.25) is 0 Å². The van der Waals surface area contributed by atoms with Gasteiger partial charge in [0.25, 0.3) is 0 Å². The molecule has 0 aliphatic heterocycles. The lowest BCUT2D eigenvalue weighted by Crippen LogP contribution is -2.40. The summed E-state index contributed by atoms with van der Waals surface area (Å²) in [5, 5.41) is 0. The first-order chi connectivity index (χ1) is 7.74. The molecule has 0 radical (unpaired) electrons. The van der Waals surface area contributed by atoms with Crippen LogP contribution >= 0.6 is 0 Å². The molecule has 0 aromatic heterocycles. The van der Waals surface area contributed by atoms with E-state index in [1.807, 2.05) is 0 Å². The molecule has 0 heterocycles. The SMILES string of the molecule is CC1CCC2C(CCC3CC(C)CCC32)C1. The maximum Gasteiger partial charge on any atom is -0.0355 e. The molecule has 0 amide bonds. The topological polar surface area (TPSA) is 0 Å². The molecule has 6 atom stereocenters. The van der Waals surface area contributed by atoms with Crippen molar-refractivity contribution in [3.8, 4) is 0 Å². The lowest BCUT2D eigenvalue weighted by Gasteiger charge is -2.50. The highest BCUT2D eigenvalue weighted by atomic mass is 14.5. The second-order valence-corrected chi connectivity index (χ2v) is 7.26. The van der Waals surface area contributed by atoms with Crippen LogP contribution in [0.1, 0.15) is 65.2 Å². The van der Waals surface area contributed by atoms with Gasteiger partial charge < -0.3 is 0 Å². The fraction of sp³-hybridized carbons (Fsp3) is 1.00. The zero-order valence-corrected chi connectivity index (χ0v) is 11.1. The second kappa shape index (κ2) is 4.35. The first-order valence-corrected chi connectivity index (χ1v) is 7.74. The van der Waals surface area contributed by atoms with Crippen LogP contribution in [-0.2, 0) is 0 Å². The molecule has 6 unspecified atom stereocenters. The van der Waals surface area contributed by atoms with Gasteiger partial charge >= 0.3 is 0 Å². The molecule has 16 heavy (non-hydrogen) atoms. The third-order valence-corrected chi connectivity index (χ3v) is 6.07. The van der Waals surface area contributed by atoms with E-state index in [0.29, 0.717) is 0 Å². The van der Waals surface area contributed by atoms with E-state index in [1.165, 1.54) is 12.8 Å². The van der Waals surface area contributed by atoms with E-state index >= 15 is 0 Å². The van der Waals surface area contributed by atoms with Gasteiger partial charge in [-0.05, 0) is 74.0 Å². The maximum absolute atomic E-state index is 2.48. The van der Waals surface area contributed by atoms with Gasteiger partial charge in [-0.1, -0.05) is 26.7 Å². The van der Waals surface area contributed by atoms with Crippen molar-refractivity contribution >= 4 is 0 Å². The largest absolute Gasteiger partial charge is 0.0625 e. The fourth-order valence-corrected chi connectivity index (χ4v) is 5.26. The van der Waals surface area contributed by atoms with Crippen LogP contribution < -0.4 is 0 Å². The van der Waals surface area contributed by atoms with E-state index in [-0.39, 0.29) is 0 Å². The van der Waals surface area contributed by atoms with Crippen LogP contribution in [0, 0.1) is 35.5 Å². The van der Waals surface area contributed by atoms with Crippen molar-refractivity contribution < 1.29 is 0 Å². The van der Waals surface area contributed by atoms with Crippen molar-refractivity contribution in [1.29, 1.82) is 0 Å². The highest BCUT2D eigenvalue weighted by molar-refractivity contribution is 4.93. The van der Waals surface area contributed by atoms with Crippen LogP contribution in [0.2, 0.25) is 0 Å². The number of rotatable bonds is 0. The smallest absolute Gasteiger partial charge is 0.0355 e. The number of hydrogen-bond acceptors (Lipinski definition) is 0. The molecule has 3 aliphatic carbocycles. The van der Waals surface area contributed by atoms with E-state index in [4.69, 9.17) is 0 Å². The van der Waals surface area contributed by atoms with Crippen molar-refractivity contribution in [2.75, 3.05) is 0 Å². The van der Waals surface area contributed by atoms with Crippen LogP contribution in [0.5, 0.6) is 0 Å². The Morgan fingerprint density at radius 3 is 1.44 bits per heavy atom. The van der Waals surface area contributed by atoms with Crippen molar-refractivity contribution in [3.63, 3.8) is 0 Å². The van der Waals surface area contributed by atoms with Gasteiger partial charge in [-0.3, -0.25) is 0 Å². The van der Waals surface area contributed by atoms with Gasteiger partial charge in [-0.15, -0.1) is 0 Å². The Morgan fingerprint density at radius 1 is 0.562 bits per heavy atom. The van der Waals surface area contributed by atoms with Gasteiger partial charge in [0.05, 0.1) is 0 Å². The highest BCUT2D eigenvalue weighted by Gasteiger charge is 2.43. The molecule has 0 spiro atoms. The van der Waals surface area contributed by atoms with E-state index in [0.717, 1.165) is 35.5 Å². The van der Waals surface area contributed by atoms with Crippen molar-refractivity contribution in [1.82, 2.24) is 0 Å². The first-order valence-electron chi connectivity index (χ1n) is 7.74. The fourth-order valence-electron chi connectivity index (χ4n) is 5.26.